The average molecular weight is 237 g/mol. The number of benzene rings is 1. The van der Waals surface area contributed by atoms with Crippen LogP contribution in [0.2, 0.25) is 0 Å². The summed E-state index contributed by atoms with van der Waals surface area (Å²) in [6, 6.07) is 1.20. The number of nitrogens with two attached hydrogens (primary N) is 1. The van der Waals surface area contributed by atoms with Gasteiger partial charge in [-0.1, -0.05) is 6.07 Å². The fourth-order valence-corrected chi connectivity index (χ4v) is 1.23. The molecule has 0 saturated carbocycles. The number of halogens is 4. The van der Waals surface area contributed by atoms with Crippen molar-refractivity contribution in [2.45, 2.75) is 25.2 Å². The van der Waals surface area contributed by atoms with Gasteiger partial charge in [0.05, 0.1) is 11.7 Å². The molecular weight excluding hydrogens is 226 g/mol. The minimum absolute atomic E-state index is 0.233. The van der Waals surface area contributed by atoms with Crippen molar-refractivity contribution in [3.63, 3.8) is 0 Å². The SMILES string of the molecule is CC(N)C(O)c1ccc(C(F)(F)F)cc1F. The van der Waals surface area contributed by atoms with E-state index in [4.69, 9.17) is 5.73 Å². The molecule has 0 aliphatic carbocycles. The molecule has 1 rings (SSSR count). The summed E-state index contributed by atoms with van der Waals surface area (Å²) >= 11 is 0. The van der Waals surface area contributed by atoms with Crippen molar-refractivity contribution < 1.29 is 22.7 Å². The van der Waals surface area contributed by atoms with E-state index in [1.807, 2.05) is 0 Å². The third kappa shape index (κ3) is 2.70. The molecule has 0 fully saturated rings. The van der Waals surface area contributed by atoms with Gasteiger partial charge >= 0.3 is 6.18 Å². The van der Waals surface area contributed by atoms with Crippen molar-refractivity contribution in [1.29, 1.82) is 0 Å². The summed E-state index contributed by atoms with van der Waals surface area (Å²) in [5, 5.41) is 9.43. The van der Waals surface area contributed by atoms with Crippen LogP contribution in [-0.4, -0.2) is 11.1 Å². The van der Waals surface area contributed by atoms with E-state index in [0.717, 1.165) is 6.07 Å². The molecule has 2 atom stereocenters. The van der Waals surface area contributed by atoms with Gasteiger partial charge in [0, 0.05) is 11.6 Å². The van der Waals surface area contributed by atoms with E-state index in [1.165, 1.54) is 6.92 Å². The molecule has 0 saturated heterocycles. The van der Waals surface area contributed by atoms with E-state index < -0.39 is 29.7 Å². The molecule has 0 spiro atoms. The van der Waals surface area contributed by atoms with Gasteiger partial charge in [-0.05, 0) is 19.1 Å². The minimum atomic E-state index is -4.60. The molecule has 0 aliphatic heterocycles. The third-order valence-corrected chi connectivity index (χ3v) is 2.14. The predicted molar refractivity (Wildman–Crippen MR) is 50.0 cm³/mol. The maximum absolute atomic E-state index is 13.3. The second-order valence-corrected chi connectivity index (χ2v) is 3.54. The Labute approximate surface area is 89.7 Å². The highest BCUT2D eigenvalue weighted by atomic mass is 19.4. The van der Waals surface area contributed by atoms with E-state index in [0.29, 0.717) is 12.1 Å². The molecule has 2 unspecified atom stereocenters. The Balaban J connectivity index is 3.10. The normalized spacial score (nSPS) is 15.9. The van der Waals surface area contributed by atoms with Crippen LogP contribution in [0.4, 0.5) is 17.6 Å². The molecule has 16 heavy (non-hydrogen) atoms. The van der Waals surface area contributed by atoms with Gasteiger partial charge in [0.25, 0.3) is 0 Å². The topological polar surface area (TPSA) is 46.2 Å². The number of hydrogen-bond donors (Lipinski definition) is 2. The second-order valence-electron chi connectivity index (χ2n) is 3.54. The van der Waals surface area contributed by atoms with Crippen LogP contribution in [-0.2, 0) is 6.18 Å². The van der Waals surface area contributed by atoms with Gasteiger partial charge < -0.3 is 10.8 Å². The van der Waals surface area contributed by atoms with Gasteiger partial charge in [-0.2, -0.15) is 13.2 Å². The zero-order chi connectivity index (χ0) is 12.5. The molecule has 3 N–H and O–H groups in total. The minimum Gasteiger partial charge on any atom is -0.387 e. The third-order valence-electron chi connectivity index (χ3n) is 2.14. The van der Waals surface area contributed by atoms with Crippen molar-refractivity contribution in [3.05, 3.63) is 35.1 Å². The predicted octanol–water partition coefficient (Wildman–Crippen LogP) is 2.23. The zero-order valence-corrected chi connectivity index (χ0v) is 8.42. The van der Waals surface area contributed by atoms with Crippen LogP contribution in [0.5, 0.6) is 0 Å². The summed E-state index contributed by atoms with van der Waals surface area (Å²) in [5.41, 5.74) is 4.00. The molecule has 90 valence electrons. The smallest absolute Gasteiger partial charge is 0.387 e. The van der Waals surface area contributed by atoms with Gasteiger partial charge in [0.2, 0.25) is 0 Å². The summed E-state index contributed by atoms with van der Waals surface area (Å²) < 4.78 is 49.9. The van der Waals surface area contributed by atoms with E-state index in [1.54, 1.807) is 0 Å². The van der Waals surface area contributed by atoms with Gasteiger partial charge in [0.15, 0.2) is 0 Å². The van der Waals surface area contributed by atoms with Crippen LogP contribution in [0.25, 0.3) is 0 Å². The summed E-state index contributed by atoms with van der Waals surface area (Å²) in [6.45, 7) is 1.43. The first-order chi connectivity index (χ1) is 7.23. The highest BCUT2D eigenvalue weighted by Crippen LogP contribution is 2.31. The van der Waals surface area contributed by atoms with E-state index in [2.05, 4.69) is 0 Å². The van der Waals surface area contributed by atoms with E-state index in [9.17, 15) is 22.7 Å². The summed E-state index contributed by atoms with van der Waals surface area (Å²) in [7, 11) is 0. The Morgan fingerprint density at radius 3 is 2.25 bits per heavy atom. The highest BCUT2D eigenvalue weighted by molar-refractivity contribution is 5.28. The maximum Gasteiger partial charge on any atom is 0.416 e. The Morgan fingerprint density at radius 2 is 1.88 bits per heavy atom. The molecule has 0 heterocycles. The number of alkyl halides is 3. The van der Waals surface area contributed by atoms with Crippen molar-refractivity contribution in [3.8, 4) is 0 Å². The molecule has 6 heteroatoms. The van der Waals surface area contributed by atoms with Crippen molar-refractivity contribution in [2.24, 2.45) is 5.73 Å². The van der Waals surface area contributed by atoms with Crippen LogP contribution in [0.3, 0.4) is 0 Å². The Kier molecular flexibility index (Phi) is 3.54. The molecule has 1 aromatic carbocycles. The Hall–Kier alpha value is -1.14. The zero-order valence-electron chi connectivity index (χ0n) is 8.42. The van der Waals surface area contributed by atoms with E-state index in [-0.39, 0.29) is 5.56 Å². The molecule has 2 nitrogen and oxygen atoms in total. The summed E-state index contributed by atoms with van der Waals surface area (Å²) in [4.78, 5) is 0. The van der Waals surface area contributed by atoms with Crippen LogP contribution in [0, 0.1) is 5.82 Å². The lowest BCUT2D eigenvalue weighted by Crippen LogP contribution is -2.25. The molecule has 0 radical (unpaired) electrons. The number of aliphatic hydroxyl groups is 1. The quantitative estimate of drug-likeness (QED) is 0.775. The van der Waals surface area contributed by atoms with Gasteiger partial charge in [-0.3, -0.25) is 0 Å². The van der Waals surface area contributed by atoms with Crippen LogP contribution in [0.1, 0.15) is 24.2 Å². The average Bonchev–Trinajstić information content (AvgIpc) is 2.15. The van der Waals surface area contributed by atoms with Crippen LogP contribution >= 0.6 is 0 Å². The van der Waals surface area contributed by atoms with Crippen molar-refractivity contribution >= 4 is 0 Å². The van der Waals surface area contributed by atoms with E-state index >= 15 is 0 Å². The highest BCUT2D eigenvalue weighted by Gasteiger charge is 2.31. The molecule has 1 aromatic rings. The summed E-state index contributed by atoms with van der Waals surface area (Å²) in [6.07, 6.45) is -5.92. The van der Waals surface area contributed by atoms with Crippen LogP contribution < -0.4 is 5.73 Å². The lowest BCUT2D eigenvalue weighted by molar-refractivity contribution is -0.137. The molecule has 0 aromatic heterocycles. The van der Waals surface area contributed by atoms with Crippen LogP contribution in [0.15, 0.2) is 18.2 Å². The first kappa shape index (κ1) is 12.9. The molecular formula is C10H11F4NO. The summed E-state index contributed by atoms with van der Waals surface area (Å²) in [5.74, 6) is -1.11. The monoisotopic (exact) mass is 237 g/mol. The standard InChI is InChI=1S/C10H11F4NO/c1-5(15)9(16)7-3-2-6(4-8(7)11)10(12,13)14/h2-5,9,16H,15H2,1H3. The first-order valence-electron chi connectivity index (χ1n) is 4.53. The number of rotatable bonds is 2. The van der Waals surface area contributed by atoms with Gasteiger partial charge in [0.1, 0.15) is 5.82 Å². The Bertz CT molecular complexity index is 376. The van der Waals surface area contributed by atoms with Crippen molar-refractivity contribution in [1.82, 2.24) is 0 Å². The second kappa shape index (κ2) is 4.39. The molecule has 0 amide bonds. The lowest BCUT2D eigenvalue weighted by atomic mass is 10.0. The molecule has 0 bridgehead atoms. The lowest BCUT2D eigenvalue weighted by Gasteiger charge is -2.16. The largest absolute Gasteiger partial charge is 0.416 e. The number of aliphatic hydroxyl groups excluding tert-OH is 1. The first-order valence-corrected chi connectivity index (χ1v) is 4.53. The molecule has 0 aliphatic rings. The van der Waals surface area contributed by atoms with Gasteiger partial charge in [-0.15, -0.1) is 0 Å². The Morgan fingerprint density at radius 1 is 1.31 bits per heavy atom. The van der Waals surface area contributed by atoms with Gasteiger partial charge in [-0.25, -0.2) is 4.39 Å². The van der Waals surface area contributed by atoms with Crippen molar-refractivity contribution in [2.75, 3.05) is 0 Å². The fraction of sp³-hybridized carbons (Fsp3) is 0.400. The number of hydrogen-bond acceptors (Lipinski definition) is 2. The fourth-order valence-electron chi connectivity index (χ4n) is 1.23. The maximum atomic E-state index is 13.3.